The molecule has 0 spiro atoms. The Morgan fingerprint density at radius 2 is 1.69 bits per heavy atom. The Kier molecular flexibility index (Phi) is 7.49. The molecule has 0 radical (unpaired) electrons. The number of esters is 1. The summed E-state index contributed by atoms with van der Waals surface area (Å²) in [6, 6.07) is 11.5. The van der Waals surface area contributed by atoms with Crippen LogP contribution in [0.4, 0.5) is 13.2 Å². The largest absolute Gasteiger partial charge is 0.573 e. The minimum Gasteiger partial charge on any atom is -0.468 e. The van der Waals surface area contributed by atoms with Gasteiger partial charge in [-0.15, -0.1) is 13.2 Å². The topological polar surface area (TPSA) is 122 Å². The van der Waals surface area contributed by atoms with E-state index in [-0.39, 0.29) is 17.9 Å². The second-order valence-corrected chi connectivity index (χ2v) is 11.5. The van der Waals surface area contributed by atoms with Gasteiger partial charge in [-0.1, -0.05) is 30.3 Å². The first-order valence-corrected chi connectivity index (χ1v) is 13.2. The van der Waals surface area contributed by atoms with Gasteiger partial charge in [0.2, 0.25) is 21.8 Å². The molecule has 2 aromatic rings. The van der Waals surface area contributed by atoms with E-state index in [4.69, 9.17) is 4.74 Å². The summed E-state index contributed by atoms with van der Waals surface area (Å²) in [6.07, 6.45) is -4.94. The molecule has 2 aromatic carbocycles. The number of benzene rings is 2. The van der Waals surface area contributed by atoms with Gasteiger partial charge in [-0.25, -0.2) is 8.42 Å². The van der Waals surface area contributed by atoms with Crippen molar-refractivity contribution in [3.63, 3.8) is 0 Å². The zero-order chi connectivity index (χ0) is 28.8. The minimum absolute atomic E-state index is 0.00215. The van der Waals surface area contributed by atoms with Crippen LogP contribution in [0.3, 0.4) is 0 Å². The van der Waals surface area contributed by atoms with Crippen molar-refractivity contribution >= 4 is 27.8 Å². The zero-order valence-corrected chi connectivity index (χ0v) is 22.0. The highest BCUT2D eigenvalue weighted by Gasteiger charge is 2.68. The molecule has 2 fully saturated rings. The highest BCUT2D eigenvalue weighted by Crippen LogP contribution is 2.45. The molecule has 4 rings (SSSR count). The lowest BCUT2D eigenvalue weighted by molar-refractivity contribution is -0.274. The molecule has 0 saturated carbocycles. The van der Waals surface area contributed by atoms with Gasteiger partial charge in [-0.05, 0) is 29.8 Å². The number of fused-ring (bicyclic) bond motifs is 1. The van der Waals surface area contributed by atoms with Crippen molar-refractivity contribution in [2.45, 2.75) is 29.3 Å². The molecular formula is C25H26F3N3O7S. The maximum absolute atomic E-state index is 13.2. The van der Waals surface area contributed by atoms with Crippen LogP contribution < -0.4 is 10.1 Å². The smallest absolute Gasteiger partial charge is 0.468 e. The molecule has 0 aliphatic carbocycles. The van der Waals surface area contributed by atoms with E-state index in [0.717, 1.165) is 40.6 Å². The number of carbonyl (C=O) groups excluding carboxylic acids is 3. The summed E-state index contributed by atoms with van der Waals surface area (Å²) < 4.78 is 73.6. The number of ether oxygens (including phenoxy) is 2. The predicted molar refractivity (Wildman–Crippen MR) is 130 cm³/mol. The van der Waals surface area contributed by atoms with E-state index in [0.29, 0.717) is 5.56 Å². The van der Waals surface area contributed by atoms with E-state index >= 15 is 0 Å². The van der Waals surface area contributed by atoms with Gasteiger partial charge in [-0.2, -0.15) is 4.31 Å². The van der Waals surface area contributed by atoms with E-state index < -0.39 is 63.3 Å². The quantitative estimate of drug-likeness (QED) is 0.376. The van der Waals surface area contributed by atoms with Crippen molar-refractivity contribution in [3.05, 3.63) is 60.2 Å². The lowest BCUT2D eigenvalue weighted by Gasteiger charge is -2.32. The molecule has 210 valence electrons. The van der Waals surface area contributed by atoms with Crippen LogP contribution in [0.2, 0.25) is 0 Å². The van der Waals surface area contributed by atoms with Crippen LogP contribution in [0.25, 0.3) is 0 Å². The molecule has 0 aromatic heterocycles. The maximum Gasteiger partial charge on any atom is 0.573 e. The molecule has 2 amide bonds. The first-order valence-electron chi connectivity index (χ1n) is 11.7. The number of methoxy groups -OCH3 is 1. The Bertz CT molecular complexity index is 1370. The molecule has 2 saturated heterocycles. The van der Waals surface area contributed by atoms with E-state index in [1.807, 2.05) is 0 Å². The molecule has 2 heterocycles. The second-order valence-electron chi connectivity index (χ2n) is 9.42. The summed E-state index contributed by atoms with van der Waals surface area (Å²) in [7, 11) is -0.562. The summed E-state index contributed by atoms with van der Waals surface area (Å²) in [5.74, 6) is -4.74. The lowest BCUT2D eigenvalue weighted by Crippen LogP contribution is -2.59. The Labute approximate surface area is 222 Å². The number of alkyl halides is 3. The van der Waals surface area contributed by atoms with Gasteiger partial charge >= 0.3 is 12.3 Å². The number of hydrogen-bond donors (Lipinski definition) is 1. The van der Waals surface area contributed by atoms with E-state index in [1.54, 1.807) is 30.3 Å². The third-order valence-corrected chi connectivity index (χ3v) is 8.91. The SMILES string of the molecule is COC(=O)[C@]1(Cc2ccccc2)N[C@H](CN(C)S(=O)(=O)c2ccc(OC(F)(F)F)cc2)[C@@H]2C(=O)N(C)C(=O)[C@@H]21. The number of carbonyl (C=O) groups is 3. The lowest BCUT2D eigenvalue weighted by atomic mass is 9.76. The molecule has 39 heavy (non-hydrogen) atoms. The molecule has 2 aliphatic heterocycles. The highest BCUT2D eigenvalue weighted by molar-refractivity contribution is 7.89. The van der Waals surface area contributed by atoms with Gasteiger partial charge < -0.3 is 9.47 Å². The zero-order valence-electron chi connectivity index (χ0n) is 21.1. The monoisotopic (exact) mass is 569 g/mol. The molecule has 14 heteroatoms. The van der Waals surface area contributed by atoms with E-state index in [2.05, 4.69) is 10.1 Å². The Morgan fingerprint density at radius 1 is 1.08 bits per heavy atom. The number of sulfonamides is 1. The number of likely N-dealkylation sites (N-methyl/N-ethyl adjacent to an activating group) is 1. The van der Waals surface area contributed by atoms with Gasteiger partial charge in [-0.3, -0.25) is 24.6 Å². The van der Waals surface area contributed by atoms with Gasteiger partial charge in [0.1, 0.15) is 11.3 Å². The van der Waals surface area contributed by atoms with Crippen LogP contribution in [0.5, 0.6) is 5.75 Å². The maximum atomic E-state index is 13.2. The molecule has 0 unspecified atom stereocenters. The molecule has 1 N–H and O–H groups in total. The van der Waals surface area contributed by atoms with Crippen molar-refractivity contribution < 1.29 is 45.4 Å². The summed E-state index contributed by atoms with van der Waals surface area (Å²) in [5, 5.41) is 3.08. The van der Waals surface area contributed by atoms with Gasteiger partial charge in [0, 0.05) is 33.1 Å². The van der Waals surface area contributed by atoms with Crippen LogP contribution in [-0.2, 0) is 35.6 Å². The van der Waals surface area contributed by atoms with Gasteiger partial charge in [0.15, 0.2) is 0 Å². The standard InChI is InChI=1S/C25H26F3N3O7S/c1-30(39(35,36)17-11-9-16(10-12-17)38-25(26,27)28)14-18-19-20(22(33)31(2)21(19)32)24(29-18,23(34)37-3)13-15-7-5-4-6-8-15/h4-12,18-20,29H,13-14H2,1-3H3/t18-,19+,20-,24-/m1/s1. The normalized spacial score (nSPS) is 25.2. The van der Waals surface area contributed by atoms with E-state index in [1.165, 1.54) is 14.1 Å². The van der Waals surface area contributed by atoms with Crippen molar-refractivity contribution in [1.82, 2.24) is 14.5 Å². The average Bonchev–Trinajstić information content (AvgIpc) is 3.32. The number of halogens is 3. The number of nitrogens with zero attached hydrogens (tertiary/aromatic N) is 2. The molecule has 0 bridgehead atoms. The minimum atomic E-state index is -4.94. The highest BCUT2D eigenvalue weighted by atomic mass is 32.2. The predicted octanol–water partition coefficient (Wildman–Crippen LogP) is 1.56. The molecule has 10 nitrogen and oxygen atoms in total. The fraction of sp³-hybridized carbons (Fsp3) is 0.400. The number of nitrogens with one attached hydrogen (secondary N) is 1. The third-order valence-electron chi connectivity index (χ3n) is 7.07. The van der Waals surface area contributed by atoms with Crippen molar-refractivity contribution in [3.8, 4) is 5.75 Å². The second kappa shape index (κ2) is 10.2. The molecular weight excluding hydrogens is 543 g/mol. The van der Waals surface area contributed by atoms with Crippen molar-refractivity contribution in [2.75, 3.05) is 27.7 Å². The van der Waals surface area contributed by atoms with Gasteiger partial charge in [0.25, 0.3) is 0 Å². The summed E-state index contributed by atoms with van der Waals surface area (Å²) in [6.45, 7) is -0.329. The number of imide groups is 1. The number of likely N-dealkylation sites (tertiary alicyclic amines) is 1. The fourth-order valence-electron chi connectivity index (χ4n) is 5.32. The van der Waals surface area contributed by atoms with Crippen LogP contribution in [0.15, 0.2) is 59.5 Å². The Morgan fingerprint density at radius 3 is 2.26 bits per heavy atom. The number of hydrogen-bond acceptors (Lipinski definition) is 8. The average molecular weight is 570 g/mol. The Hall–Kier alpha value is -3.49. The van der Waals surface area contributed by atoms with Crippen LogP contribution in [0, 0.1) is 11.8 Å². The number of rotatable bonds is 8. The first-order chi connectivity index (χ1) is 18.2. The van der Waals surface area contributed by atoms with Crippen molar-refractivity contribution in [1.29, 1.82) is 0 Å². The van der Waals surface area contributed by atoms with Crippen LogP contribution >= 0.6 is 0 Å². The number of amides is 2. The summed E-state index contributed by atoms with van der Waals surface area (Å²) >= 11 is 0. The van der Waals surface area contributed by atoms with E-state index in [9.17, 15) is 36.0 Å². The van der Waals surface area contributed by atoms with Crippen LogP contribution in [-0.4, -0.2) is 81.1 Å². The Balaban J connectivity index is 1.66. The molecule has 4 atom stereocenters. The first kappa shape index (κ1) is 28.5. The van der Waals surface area contributed by atoms with Gasteiger partial charge in [0.05, 0.1) is 23.8 Å². The molecule has 2 aliphatic rings. The summed E-state index contributed by atoms with van der Waals surface area (Å²) in [4.78, 5) is 40.2. The summed E-state index contributed by atoms with van der Waals surface area (Å²) in [5.41, 5.74) is -0.962. The third kappa shape index (κ3) is 5.23. The van der Waals surface area contributed by atoms with Crippen molar-refractivity contribution in [2.24, 2.45) is 11.8 Å². The van der Waals surface area contributed by atoms with Crippen LogP contribution in [0.1, 0.15) is 5.56 Å². The fourth-order valence-corrected chi connectivity index (χ4v) is 6.51.